The van der Waals surface area contributed by atoms with E-state index in [2.05, 4.69) is 56.2 Å². The Morgan fingerprint density at radius 3 is 2.40 bits per heavy atom. The Balaban J connectivity index is 1.40. The molecule has 0 atom stereocenters. The predicted molar refractivity (Wildman–Crippen MR) is 130 cm³/mol. The van der Waals surface area contributed by atoms with Crippen molar-refractivity contribution in [1.82, 2.24) is 4.90 Å². The van der Waals surface area contributed by atoms with Crippen LogP contribution >= 0.6 is 28.1 Å². The Kier molecular flexibility index (Phi) is 5.92. The molecule has 0 radical (unpaired) electrons. The number of rotatable bonds is 3. The normalized spacial score (nSPS) is 14.1. The summed E-state index contributed by atoms with van der Waals surface area (Å²) < 4.78 is 1.10. The molecule has 1 aliphatic rings. The number of hydrogen-bond donors (Lipinski definition) is 2. The number of piperazine rings is 1. The van der Waals surface area contributed by atoms with Crippen LogP contribution in [-0.2, 0) is 0 Å². The molecule has 0 spiro atoms. The highest BCUT2D eigenvalue weighted by molar-refractivity contribution is 9.10. The first-order valence-electron chi connectivity index (χ1n) is 9.75. The third-order valence-corrected chi connectivity index (χ3v) is 6.26. The van der Waals surface area contributed by atoms with E-state index in [0.717, 1.165) is 47.1 Å². The van der Waals surface area contributed by atoms with Gasteiger partial charge < -0.3 is 20.2 Å². The number of aromatic carboxylic acids is 1. The lowest BCUT2D eigenvalue weighted by atomic mass is 10.1. The lowest BCUT2D eigenvalue weighted by Gasteiger charge is -2.38. The van der Waals surface area contributed by atoms with Gasteiger partial charge in [-0.25, -0.2) is 4.79 Å². The van der Waals surface area contributed by atoms with E-state index in [1.54, 1.807) is 12.1 Å². The first kappa shape index (κ1) is 20.6. The number of carbonyl (C=O) groups is 1. The molecule has 0 amide bonds. The van der Waals surface area contributed by atoms with Gasteiger partial charge in [-0.3, -0.25) is 0 Å². The third kappa shape index (κ3) is 4.42. The zero-order valence-electron chi connectivity index (χ0n) is 16.6. The number of carboxylic acid groups (broad SMARTS) is 1. The molecule has 0 bridgehead atoms. The number of halogens is 1. The molecule has 7 heteroatoms. The van der Waals surface area contributed by atoms with Crippen LogP contribution in [0.15, 0.2) is 59.1 Å². The Morgan fingerprint density at radius 1 is 1.00 bits per heavy atom. The summed E-state index contributed by atoms with van der Waals surface area (Å²) in [7, 11) is 0. The molecule has 0 aromatic heterocycles. The average Bonchev–Trinajstić information content (AvgIpc) is 2.73. The van der Waals surface area contributed by atoms with Gasteiger partial charge >= 0.3 is 5.97 Å². The lowest BCUT2D eigenvalue weighted by molar-refractivity contribution is 0.0697. The predicted octanol–water partition coefficient (Wildman–Crippen LogP) is 5.13. The van der Waals surface area contributed by atoms with Gasteiger partial charge in [-0.2, -0.15) is 0 Å². The molecule has 2 N–H and O–H groups in total. The van der Waals surface area contributed by atoms with E-state index in [4.69, 9.17) is 17.3 Å². The van der Waals surface area contributed by atoms with Crippen LogP contribution in [0, 0.1) is 6.92 Å². The number of carboxylic acids is 1. The van der Waals surface area contributed by atoms with Gasteiger partial charge in [0, 0.05) is 42.0 Å². The second kappa shape index (κ2) is 8.62. The molecule has 0 unspecified atom stereocenters. The van der Waals surface area contributed by atoms with Gasteiger partial charge in [0.1, 0.15) is 0 Å². The number of aryl methyl sites for hydroxylation is 1. The molecular formula is C23H22BrN3O2S. The fourth-order valence-corrected chi connectivity index (χ4v) is 4.56. The second-order valence-electron chi connectivity index (χ2n) is 7.42. The van der Waals surface area contributed by atoms with E-state index in [0.29, 0.717) is 5.11 Å². The minimum atomic E-state index is -0.919. The minimum Gasteiger partial charge on any atom is -0.478 e. The first-order chi connectivity index (χ1) is 14.4. The van der Waals surface area contributed by atoms with Crippen LogP contribution in [-0.4, -0.2) is 47.3 Å². The molecular weight excluding hydrogens is 462 g/mol. The summed E-state index contributed by atoms with van der Waals surface area (Å²) in [5, 5.41) is 15.1. The number of nitrogens with one attached hydrogen (secondary N) is 1. The summed E-state index contributed by atoms with van der Waals surface area (Å²) in [6.45, 7) is 5.69. The van der Waals surface area contributed by atoms with Gasteiger partial charge in [0.05, 0.1) is 5.56 Å². The van der Waals surface area contributed by atoms with Crippen molar-refractivity contribution in [1.29, 1.82) is 0 Å². The molecule has 3 aromatic rings. The highest BCUT2D eigenvalue weighted by Gasteiger charge is 2.20. The zero-order chi connectivity index (χ0) is 21.3. The lowest BCUT2D eigenvalue weighted by Crippen LogP contribution is -2.50. The van der Waals surface area contributed by atoms with Crippen LogP contribution in [0.3, 0.4) is 0 Å². The largest absolute Gasteiger partial charge is 0.478 e. The quantitative estimate of drug-likeness (QED) is 0.503. The van der Waals surface area contributed by atoms with Crippen molar-refractivity contribution in [2.75, 3.05) is 36.4 Å². The number of hydrogen-bond acceptors (Lipinski definition) is 3. The highest BCUT2D eigenvalue weighted by atomic mass is 79.9. The van der Waals surface area contributed by atoms with Crippen molar-refractivity contribution in [2.45, 2.75) is 6.92 Å². The third-order valence-electron chi connectivity index (χ3n) is 5.40. The monoisotopic (exact) mass is 483 g/mol. The van der Waals surface area contributed by atoms with Crippen molar-refractivity contribution >= 4 is 61.4 Å². The van der Waals surface area contributed by atoms with Crippen molar-refractivity contribution in [3.8, 4) is 0 Å². The zero-order valence-corrected chi connectivity index (χ0v) is 19.0. The maximum Gasteiger partial charge on any atom is 0.335 e. The van der Waals surface area contributed by atoms with Crippen LogP contribution in [0.4, 0.5) is 11.4 Å². The second-order valence-corrected chi connectivity index (χ2v) is 8.72. The van der Waals surface area contributed by atoms with Crippen LogP contribution in [0.2, 0.25) is 0 Å². The van der Waals surface area contributed by atoms with Gasteiger partial charge in [0.15, 0.2) is 5.11 Å². The van der Waals surface area contributed by atoms with Crippen LogP contribution in [0.5, 0.6) is 0 Å². The molecule has 1 heterocycles. The Labute approximate surface area is 189 Å². The number of nitrogens with zero attached hydrogens (tertiary/aromatic N) is 2. The van der Waals surface area contributed by atoms with Gasteiger partial charge in [0.25, 0.3) is 0 Å². The maximum absolute atomic E-state index is 11.1. The molecule has 4 rings (SSSR count). The molecule has 3 aromatic carbocycles. The number of thiocarbonyl (C=S) groups is 1. The minimum absolute atomic E-state index is 0.289. The van der Waals surface area contributed by atoms with Crippen LogP contribution in [0.25, 0.3) is 10.8 Å². The van der Waals surface area contributed by atoms with Crippen LogP contribution in [0.1, 0.15) is 15.9 Å². The number of anilines is 2. The van der Waals surface area contributed by atoms with Gasteiger partial charge in [0.2, 0.25) is 0 Å². The molecule has 30 heavy (non-hydrogen) atoms. The highest BCUT2D eigenvalue weighted by Crippen LogP contribution is 2.25. The van der Waals surface area contributed by atoms with E-state index >= 15 is 0 Å². The van der Waals surface area contributed by atoms with Crippen molar-refractivity contribution in [2.24, 2.45) is 0 Å². The van der Waals surface area contributed by atoms with E-state index in [1.807, 2.05) is 24.3 Å². The van der Waals surface area contributed by atoms with Gasteiger partial charge in [-0.15, -0.1) is 0 Å². The van der Waals surface area contributed by atoms with E-state index in [9.17, 15) is 4.79 Å². The maximum atomic E-state index is 11.1. The summed E-state index contributed by atoms with van der Waals surface area (Å²) in [5.41, 5.74) is 3.73. The van der Waals surface area contributed by atoms with Crippen molar-refractivity contribution in [3.05, 3.63) is 70.2 Å². The van der Waals surface area contributed by atoms with Crippen LogP contribution < -0.4 is 10.2 Å². The van der Waals surface area contributed by atoms with Gasteiger partial charge in [-0.1, -0.05) is 28.1 Å². The molecule has 5 nitrogen and oxygen atoms in total. The van der Waals surface area contributed by atoms with Crippen molar-refractivity contribution in [3.63, 3.8) is 0 Å². The molecule has 1 fully saturated rings. The van der Waals surface area contributed by atoms with E-state index < -0.39 is 5.97 Å². The van der Waals surface area contributed by atoms with E-state index in [1.165, 1.54) is 11.3 Å². The summed E-state index contributed by atoms with van der Waals surface area (Å²) in [4.78, 5) is 15.7. The summed E-state index contributed by atoms with van der Waals surface area (Å²) in [5.74, 6) is -0.919. The fraction of sp³-hybridized carbons (Fsp3) is 0.217. The molecule has 1 aliphatic heterocycles. The smallest absolute Gasteiger partial charge is 0.335 e. The van der Waals surface area contributed by atoms with Gasteiger partial charge in [-0.05, 0) is 77.9 Å². The van der Waals surface area contributed by atoms with E-state index in [-0.39, 0.29) is 5.56 Å². The molecule has 0 saturated carbocycles. The number of fused-ring (bicyclic) bond motifs is 1. The molecule has 154 valence electrons. The Bertz CT molecular complexity index is 1130. The Morgan fingerprint density at radius 2 is 1.70 bits per heavy atom. The fourth-order valence-electron chi connectivity index (χ4n) is 3.78. The SMILES string of the molecule is Cc1cc(Br)ccc1N1CCN(C(=S)Nc2ccc3cc(C(=O)O)ccc3c2)CC1. The van der Waals surface area contributed by atoms with Crippen molar-refractivity contribution < 1.29 is 9.90 Å². The molecule has 1 saturated heterocycles. The Hall–Kier alpha value is -2.64. The molecule has 0 aliphatic carbocycles. The standard InChI is InChI=1S/C23H22BrN3O2S/c1-15-12-19(24)5-7-21(15)26-8-10-27(11-9-26)23(30)25-20-6-4-16-13-18(22(28)29)3-2-17(16)14-20/h2-7,12-14H,8-11H2,1H3,(H,25,30)(H,28,29). The average molecular weight is 484 g/mol. The summed E-state index contributed by atoms with van der Waals surface area (Å²) in [6.07, 6.45) is 0. The first-order valence-corrected chi connectivity index (χ1v) is 10.9. The summed E-state index contributed by atoms with van der Waals surface area (Å²) in [6, 6.07) is 17.4. The summed E-state index contributed by atoms with van der Waals surface area (Å²) >= 11 is 9.17. The number of benzene rings is 3. The topological polar surface area (TPSA) is 55.8 Å².